The van der Waals surface area contributed by atoms with Gasteiger partial charge in [-0.15, -0.1) is 0 Å². The summed E-state index contributed by atoms with van der Waals surface area (Å²) in [5.74, 6) is 0.674. The molecule has 0 saturated carbocycles. The molecule has 0 bridgehead atoms. The van der Waals surface area contributed by atoms with Gasteiger partial charge in [0.15, 0.2) is 0 Å². The molecule has 1 aliphatic rings. The third-order valence-electron chi connectivity index (χ3n) is 4.82. The second kappa shape index (κ2) is 6.93. The van der Waals surface area contributed by atoms with Crippen molar-refractivity contribution in [3.8, 4) is 22.9 Å². The number of fused-ring (bicyclic) bond motifs is 1. The number of ether oxygens (including phenoxy) is 1. The highest BCUT2D eigenvalue weighted by molar-refractivity contribution is 6.07. The molecule has 132 valence electrons. The molecule has 0 unspecified atom stereocenters. The molecule has 5 nitrogen and oxygen atoms in total. The minimum absolute atomic E-state index is 0.0461. The lowest BCUT2D eigenvalue weighted by Crippen LogP contribution is -2.28. The molecule has 0 atom stereocenters. The third kappa shape index (κ3) is 3.02. The molecule has 0 fully saturated rings. The van der Waals surface area contributed by atoms with E-state index in [9.17, 15) is 4.79 Å². The Bertz CT molecular complexity index is 1030. The number of anilines is 1. The number of aromatic nitrogens is 1. The van der Waals surface area contributed by atoms with Crippen LogP contribution in [0.1, 0.15) is 21.5 Å². The van der Waals surface area contributed by atoms with Gasteiger partial charge >= 0.3 is 0 Å². The van der Waals surface area contributed by atoms with Crippen LogP contribution in [-0.2, 0) is 6.42 Å². The van der Waals surface area contributed by atoms with E-state index < -0.39 is 0 Å². The molecule has 0 aliphatic carbocycles. The molecule has 1 aromatic heterocycles. The molecule has 4 rings (SSSR count). The number of benzene rings is 2. The minimum Gasteiger partial charge on any atom is -0.497 e. The van der Waals surface area contributed by atoms with E-state index in [1.165, 1.54) is 0 Å². The monoisotopic (exact) mass is 355 g/mol. The summed E-state index contributed by atoms with van der Waals surface area (Å²) < 4.78 is 5.16. The number of hydrogen-bond acceptors (Lipinski definition) is 4. The molecule has 2 heterocycles. The second-order valence-corrected chi connectivity index (χ2v) is 6.31. The number of pyridine rings is 1. The lowest BCUT2D eigenvalue weighted by atomic mass is 9.99. The van der Waals surface area contributed by atoms with Gasteiger partial charge in [-0.25, -0.2) is 0 Å². The van der Waals surface area contributed by atoms with Crippen molar-refractivity contribution in [1.29, 1.82) is 5.26 Å². The number of nitriles is 1. The van der Waals surface area contributed by atoms with Crippen LogP contribution in [0.15, 0.2) is 60.9 Å². The maximum absolute atomic E-state index is 13.0. The highest BCUT2D eigenvalue weighted by atomic mass is 16.5. The van der Waals surface area contributed by atoms with Crippen molar-refractivity contribution in [2.24, 2.45) is 0 Å². The molecule has 1 amide bonds. The molecule has 0 spiro atoms. The van der Waals surface area contributed by atoms with E-state index >= 15 is 0 Å². The quantitative estimate of drug-likeness (QED) is 0.716. The maximum Gasteiger partial charge on any atom is 0.258 e. The van der Waals surface area contributed by atoms with Crippen LogP contribution >= 0.6 is 0 Å². The SMILES string of the molecule is COc1ccc(C(=O)N2CCc3c(-c4ccc(C#N)cc4)cncc32)cc1. The predicted octanol–water partition coefficient (Wildman–Crippen LogP) is 3.83. The van der Waals surface area contributed by atoms with Crippen molar-refractivity contribution in [1.82, 2.24) is 4.98 Å². The van der Waals surface area contributed by atoms with Gasteiger partial charge in [-0.1, -0.05) is 12.1 Å². The average molecular weight is 355 g/mol. The maximum atomic E-state index is 13.0. The number of methoxy groups -OCH3 is 1. The van der Waals surface area contributed by atoms with Crippen LogP contribution in [0.25, 0.3) is 11.1 Å². The summed E-state index contributed by atoms with van der Waals surface area (Å²) in [6.07, 6.45) is 4.34. The third-order valence-corrected chi connectivity index (χ3v) is 4.82. The highest BCUT2D eigenvalue weighted by Crippen LogP contribution is 2.36. The van der Waals surface area contributed by atoms with Gasteiger partial charge in [-0.05, 0) is 53.9 Å². The van der Waals surface area contributed by atoms with Crippen molar-refractivity contribution in [3.63, 3.8) is 0 Å². The van der Waals surface area contributed by atoms with Gasteiger partial charge in [0.25, 0.3) is 5.91 Å². The van der Waals surface area contributed by atoms with Gasteiger partial charge in [-0.3, -0.25) is 9.78 Å². The molecule has 0 N–H and O–H groups in total. The summed E-state index contributed by atoms with van der Waals surface area (Å²) >= 11 is 0. The second-order valence-electron chi connectivity index (χ2n) is 6.31. The molecular weight excluding hydrogens is 338 g/mol. The van der Waals surface area contributed by atoms with Gasteiger partial charge in [-0.2, -0.15) is 5.26 Å². The van der Waals surface area contributed by atoms with Crippen LogP contribution < -0.4 is 9.64 Å². The van der Waals surface area contributed by atoms with Gasteiger partial charge in [0, 0.05) is 23.9 Å². The zero-order chi connectivity index (χ0) is 18.8. The number of rotatable bonds is 3. The molecular formula is C22H17N3O2. The molecule has 3 aromatic rings. The summed E-state index contributed by atoms with van der Waals surface area (Å²) in [5.41, 5.74) is 5.19. The number of nitrogens with zero attached hydrogens (tertiary/aromatic N) is 3. The summed E-state index contributed by atoms with van der Waals surface area (Å²) in [7, 11) is 1.60. The first-order valence-electron chi connectivity index (χ1n) is 8.64. The summed E-state index contributed by atoms with van der Waals surface area (Å²) in [6, 6.07) is 16.7. The Kier molecular flexibility index (Phi) is 4.31. The lowest BCUT2D eigenvalue weighted by molar-refractivity contribution is 0.0989. The van der Waals surface area contributed by atoms with Crippen molar-refractivity contribution >= 4 is 11.6 Å². The number of hydrogen-bond donors (Lipinski definition) is 0. The Hall–Kier alpha value is -3.65. The first-order valence-corrected chi connectivity index (χ1v) is 8.64. The van der Waals surface area contributed by atoms with Crippen molar-refractivity contribution in [3.05, 3.63) is 77.6 Å². The van der Waals surface area contributed by atoms with E-state index in [0.717, 1.165) is 34.5 Å². The van der Waals surface area contributed by atoms with Crippen LogP contribution in [0, 0.1) is 11.3 Å². The van der Waals surface area contributed by atoms with Crippen LogP contribution in [0.5, 0.6) is 5.75 Å². The standard InChI is InChI=1S/C22H17N3O2/c1-27-18-8-6-17(7-9-18)22(26)25-11-10-19-20(13-24-14-21(19)25)16-4-2-15(12-23)3-5-16/h2-9,13-14H,10-11H2,1H3. The summed E-state index contributed by atoms with van der Waals surface area (Å²) in [5, 5.41) is 8.98. The highest BCUT2D eigenvalue weighted by Gasteiger charge is 2.28. The Labute approximate surface area is 157 Å². The van der Waals surface area contributed by atoms with Crippen molar-refractivity contribution in [2.45, 2.75) is 6.42 Å². The Balaban J connectivity index is 1.67. The van der Waals surface area contributed by atoms with Crippen LogP contribution in [0.2, 0.25) is 0 Å². The van der Waals surface area contributed by atoms with Gasteiger partial charge < -0.3 is 9.64 Å². The van der Waals surface area contributed by atoms with Crippen LogP contribution in [-0.4, -0.2) is 24.5 Å². The molecule has 27 heavy (non-hydrogen) atoms. The van der Waals surface area contributed by atoms with Gasteiger partial charge in [0.1, 0.15) is 5.75 Å². The van der Waals surface area contributed by atoms with Crippen molar-refractivity contribution < 1.29 is 9.53 Å². The first kappa shape index (κ1) is 16.8. The molecule has 0 radical (unpaired) electrons. The fraction of sp³-hybridized carbons (Fsp3) is 0.136. The fourth-order valence-electron chi connectivity index (χ4n) is 3.39. The lowest BCUT2D eigenvalue weighted by Gasteiger charge is -2.17. The van der Waals surface area contributed by atoms with E-state index in [2.05, 4.69) is 11.1 Å². The van der Waals surface area contributed by atoms with Crippen LogP contribution in [0.3, 0.4) is 0 Å². The van der Waals surface area contributed by atoms with Crippen molar-refractivity contribution in [2.75, 3.05) is 18.6 Å². The molecule has 2 aromatic carbocycles. The average Bonchev–Trinajstić information content (AvgIpc) is 3.17. The summed E-state index contributed by atoms with van der Waals surface area (Å²) in [6.45, 7) is 0.620. The van der Waals surface area contributed by atoms with E-state index in [1.807, 2.05) is 18.3 Å². The topological polar surface area (TPSA) is 66.2 Å². The minimum atomic E-state index is -0.0461. The Morgan fingerprint density at radius 1 is 1.11 bits per heavy atom. The molecule has 5 heteroatoms. The van der Waals surface area contributed by atoms with E-state index in [0.29, 0.717) is 17.7 Å². The number of amides is 1. The van der Waals surface area contributed by atoms with Gasteiger partial charge in [0.05, 0.1) is 30.6 Å². The Morgan fingerprint density at radius 3 is 2.52 bits per heavy atom. The largest absolute Gasteiger partial charge is 0.497 e. The van der Waals surface area contributed by atoms with Gasteiger partial charge in [0.2, 0.25) is 0 Å². The zero-order valence-corrected chi connectivity index (χ0v) is 14.8. The normalized spacial score (nSPS) is 12.4. The molecule has 1 aliphatic heterocycles. The smallest absolute Gasteiger partial charge is 0.258 e. The van der Waals surface area contributed by atoms with E-state index in [1.54, 1.807) is 54.6 Å². The summed E-state index contributed by atoms with van der Waals surface area (Å²) in [4.78, 5) is 19.1. The zero-order valence-electron chi connectivity index (χ0n) is 14.8. The van der Waals surface area contributed by atoms with Crippen LogP contribution in [0.4, 0.5) is 5.69 Å². The van der Waals surface area contributed by atoms with E-state index in [4.69, 9.17) is 10.00 Å². The molecule has 0 saturated heterocycles. The first-order chi connectivity index (χ1) is 13.2. The predicted molar refractivity (Wildman–Crippen MR) is 103 cm³/mol. The fourth-order valence-corrected chi connectivity index (χ4v) is 3.39. The number of carbonyl (C=O) groups is 1. The number of carbonyl (C=O) groups excluding carboxylic acids is 1. The van der Waals surface area contributed by atoms with E-state index in [-0.39, 0.29) is 5.91 Å². The Morgan fingerprint density at radius 2 is 1.85 bits per heavy atom.